The van der Waals surface area contributed by atoms with E-state index >= 15 is 0 Å². The maximum absolute atomic E-state index is 5.92. The number of nitrogens with two attached hydrogens (primary N) is 1. The highest BCUT2D eigenvalue weighted by Crippen LogP contribution is 2.25. The van der Waals surface area contributed by atoms with Gasteiger partial charge in [0.2, 0.25) is 0 Å². The first-order valence-corrected chi connectivity index (χ1v) is 5.80. The molecule has 0 radical (unpaired) electrons. The highest BCUT2D eigenvalue weighted by molar-refractivity contribution is 5.68. The van der Waals surface area contributed by atoms with E-state index in [1.807, 2.05) is 44.4 Å². The fourth-order valence-corrected chi connectivity index (χ4v) is 1.92. The first-order valence-electron chi connectivity index (χ1n) is 5.80. The van der Waals surface area contributed by atoms with E-state index in [0.717, 1.165) is 11.1 Å². The van der Waals surface area contributed by atoms with E-state index in [1.54, 1.807) is 9.36 Å². The van der Waals surface area contributed by atoms with Gasteiger partial charge in [0.15, 0.2) is 11.6 Å². The number of hydrogen-bond acceptors (Lipinski definition) is 5. The van der Waals surface area contributed by atoms with E-state index in [1.165, 1.54) is 0 Å². The molecule has 0 aliphatic carbocycles. The summed E-state index contributed by atoms with van der Waals surface area (Å²) >= 11 is 0. The normalized spacial score (nSPS) is 10.8. The zero-order valence-electron chi connectivity index (χ0n) is 10.6. The van der Waals surface area contributed by atoms with Gasteiger partial charge in [-0.2, -0.15) is 9.78 Å². The van der Waals surface area contributed by atoms with Gasteiger partial charge in [0.25, 0.3) is 0 Å². The van der Waals surface area contributed by atoms with Crippen molar-refractivity contribution in [1.29, 1.82) is 0 Å². The van der Waals surface area contributed by atoms with Crippen LogP contribution in [0.15, 0.2) is 30.5 Å². The number of nitrogens with zero attached hydrogens (tertiary/aromatic N) is 6. The zero-order chi connectivity index (χ0) is 13.4. The number of aromatic nitrogens is 6. The highest BCUT2D eigenvalue weighted by atomic mass is 15.6. The number of hydrogen-bond donors (Lipinski definition) is 1. The molecule has 0 fully saturated rings. The summed E-state index contributed by atoms with van der Waals surface area (Å²) in [4.78, 5) is 0. The van der Waals surface area contributed by atoms with Crippen LogP contribution in [0.1, 0.15) is 5.56 Å². The Morgan fingerprint density at radius 3 is 2.79 bits per heavy atom. The molecule has 0 saturated heterocycles. The molecule has 7 heteroatoms. The van der Waals surface area contributed by atoms with Gasteiger partial charge in [-0.05, 0) is 29.0 Å². The maximum atomic E-state index is 5.92. The topological polar surface area (TPSA) is 87.4 Å². The van der Waals surface area contributed by atoms with Gasteiger partial charge in [0.1, 0.15) is 0 Å². The number of nitrogen functional groups attached to an aromatic ring is 1. The van der Waals surface area contributed by atoms with Crippen molar-refractivity contribution in [3.63, 3.8) is 0 Å². The second-order valence-electron chi connectivity index (χ2n) is 4.28. The molecule has 19 heavy (non-hydrogen) atoms. The van der Waals surface area contributed by atoms with Crippen molar-refractivity contribution >= 4 is 5.69 Å². The molecule has 3 rings (SSSR count). The van der Waals surface area contributed by atoms with E-state index in [-0.39, 0.29) is 0 Å². The minimum Gasteiger partial charge on any atom is -0.398 e. The van der Waals surface area contributed by atoms with E-state index in [9.17, 15) is 0 Å². The number of rotatable bonds is 2. The molecule has 2 aromatic heterocycles. The average Bonchev–Trinajstić information content (AvgIpc) is 3.01. The van der Waals surface area contributed by atoms with Crippen LogP contribution in [0.5, 0.6) is 0 Å². The largest absolute Gasteiger partial charge is 0.398 e. The molecule has 7 nitrogen and oxygen atoms in total. The summed E-state index contributed by atoms with van der Waals surface area (Å²) < 4.78 is 3.30. The quantitative estimate of drug-likeness (QED) is 0.689. The van der Waals surface area contributed by atoms with Gasteiger partial charge in [-0.1, -0.05) is 12.1 Å². The summed E-state index contributed by atoms with van der Waals surface area (Å²) in [6.07, 6.45) is 1.84. The minimum absolute atomic E-state index is 0.628. The van der Waals surface area contributed by atoms with Crippen molar-refractivity contribution in [2.75, 3.05) is 5.73 Å². The third-order valence-corrected chi connectivity index (χ3v) is 3.00. The zero-order valence-corrected chi connectivity index (χ0v) is 10.6. The SMILES string of the molecule is Cc1c(N)cccc1-c1nnnn1-c1ccn(C)n1. The molecule has 0 spiro atoms. The Labute approximate surface area is 109 Å². The van der Waals surface area contributed by atoms with Gasteiger partial charge in [-0.3, -0.25) is 4.68 Å². The standard InChI is InChI=1S/C12H13N7/c1-8-9(4-3-5-10(8)13)12-14-16-17-19(12)11-6-7-18(2)15-11/h3-7H,13H2,1-2H3. The van der Waals surface area contributed by atoms with Crippen molar-refractivity contribution in [2.45, 2.75) is 6.92 Å². The van der Waals surface area contributed by atoms with Gasteiger partial charge in [0.05, 0.1) is 0 Å². The van der Waals surface area contributed by atoms with Gasteiger partial charge in [-0.25, -0.2) is 0 Å². The molecule has 96 valence electrons. The van der Waals surface area contributed by atoms with Crippen LogP contribution >= 0.6 is 0 Å². The molecule has 0 aliphatic rings. The van der Waals surface area contributed by atoms with Crippen molar-refractivity contribution in [3.05, 3.63) is 36.0 Å². The summed E-state index contributed by atoms with van der Waals surface area (Å²) in [5.41, 5.74) is 8.49. The van der Waals surface area contributed by atoms with Crippen LogP contribution in [-0.2, 0) is 7.05 Å². The van der Waals surface area contributed by atoms with Gasteiger partial charge >= 0.3 is 0 Å². The summed E-state index contributed by atoms with van der Waals surface area (Å²) in [5.74, 6) is 1.30. The highest BCUT2D eigenvalue weighted by Gasteiger charge is 2.15. The van der Waals surface area contributed by atoms with Crippen molar-refractivity contribution < 1.29 is 0 Å². The fourth-order valence-electron chi connectivity index (χ4n) is 1.92. The third-order valence-electron chi connectivity index (χ3n) is 3.00. The molecule has 0 amide bonds. The van der Waals surface area contributed by atoms with Crippen LogP contribution in [0.25, 0.3) is 17.2 Å². The Morgan fingerprint density at radius 2 is 2.05 bits per heavy atom. The lowest BCUT2D eigenvalue weighted by molar-refractivity contribution is 0.715. The molecule has 2 heterocycles. The average molecular weight is 255 g/mol. The molecular weight excluding hydrogens is 242 g/mol. The lowest BCUT2D eigenvalue weighted by atomic mass is 10.1. The fraction of sp³-hybridized carbons (Fsp3) is 0.167. The number of tetrazole rings is 1. The van der Waals surface area contributed by atoms with Crippen molar-refractivity contribution in [3.8, 4) is 17.2 Å². The summed E-state index contributed by atoms with van der Waals surface area (Å²) in [6.45, 7) is 1.95. The molecule has 0 saturated carbocycles. The summed E-state index contributed by atoms with van der Waals surface area (Å²) in [6, 6.07) is 7.53. The summed E-state index contributed by atoms with van der Waals surface area (Å²) in [7, 11) is 1.85. The van der Waals surface area contributed by atoms with Gasteiger partial charge in [0, 0.05) is 30.6 Å². The predicted molar refractivity (Wildman–Crippen MR) is 70.5 cm³/mol. The number of aryl methyl sites for hydroxylation is 1. The van der Waals surface area contributed by atoms with E-state index < -0.39 is 0 Å². The van der Waals surface area contributed by atoms with Crippen LogP contribution in [-0.4, -0.2) is 30.0 Å². The van der Waals surface area contributed by atoms with E-state index in [2.05, 4.69) is 20.6 Å². The first kappa shape index (κ1) is 11.4. The van der Waals surface area contributed by atoms with Crippen LogP contribution in [0.3, 0.4) is 0 Å². The Kier molecular flexibility index (Phi) is 2.52. The van der Waals surface area contributed by atoms with E-state index in [4.69, 9.17) is 5.73 Å². The lowest BCUT2D eigenvalue weighted by Gasteiger charge is -2.07. The number of anilines is 1. The molecule has 3 aromatic rings. The third kappa shape index (κ3) is 1.85. The smallest absolute Gasteiger partial charge is 0.189 e. The van der Waals surface area contributed by atoms with Gasteiger partial charge < -0.3 is 5.73 Å². The Morgan fingerprint density at radius 1 is 1.21 bits per heavy atom. The minimum atomic E-state index is 0.628. The predicted octanol–water partition coefficient (Wildman–Crippen LogP) is 0.953. The van der Waals surface area contributed by atoms with Crippen LogP contribution in [0.4, 0.5) is 5.69 Å². The summed E-state index contributed by atoms with van der Waals surface area (Å²) in [5, 5.41) is 16.1. The van der Waals surface area contributed by atoms with Crippen LogP contribution in [0.2, 0.25) is 0 Å². The van der Waals surface area contributed by atoms with Crippen molar-refractivity contribution in [2.24, 2.45) is 7.05 Å². The Bertz CT molecular complexity index is 725. The monoisotopic (exact) mass is 255 g/mol. The molecule has 0 bridgehead atoms. The van der Waals surface area contributed by atoms with E-state index in [0.29, 0.717) is 17.3 Å². The second-order valence-corrected chi connectivity index (χ2v) is 4.28. The van der Waals surface area contributed by atoms with Crippen molar-refractivity contribution in [1.82, 2.24) is 30.0 Å². The molecule has 0 atom stereocenters. The lowest BCUT2D eigenvalue weighted by Crippen LogP contribution is -2.03. The maximum Gasteiger partial charge on any atom is 0.189 e. The van der Waals surface area contributed by atoms with Gasteiger partial charge in [-0.15, -0.1) is 5.10 Å². The molecule has 1 aromatic carbocycles. The Hall–Kier alpha value is -2.70. The first-order chi connectivity index (χ1) is 9.16. The molecule has 0 aliphatic heterocycles. The molecular formula is C12H13N7. The molecule has 0 unspecified atom stereocenters. The number of benzene rings is 1. The van der Waals surface area contributed by atoms with Crippen LogP contribution < -0.4 is 5.73 Å². The second kappa shape index (κ2) is 4.20. The Balaban J connectivity index is 2.17. The molecule has 2 N–H and O–H groups in total. The van der Waals surface area contributed by atoms with Crippen LogP contribution in [0, 0.1) is 6.92 Å².